The lowest BCUT2D eigenvalue weighted by Crippen LogP contribution is -2.25. The first-order valence-corrected chi connectivity index (χ1v) is 10.5. The van der Waals surface area contributed by atoms with Gasteiger partial charge in [0.15, 0.2) is 5.58 Å². The van der Waals surface area contributed by atoms with E-state index in [1.54, 1.807) is 6.26 Å². The molecule has 0 saturated carbocycles. The number of amides is 1. The fourth-order valence-corrected chi connectivity index (χ4v) is 4.73. The van der Waals surface area contributed by atoms with Crippen molar-refractivity contribution >= 4 is 40.0 Å². The summed E-state index contributed by atoms with van der Waals surface area (Å²) in [5.74, 6) is 0.757. The molecular weight excluding hydrogens is 384 g/mol. The third kappa shape index (κ3) is 3.51. The van der Waals surface area contributed by atoms with Gasteiger partial charge in [-0.2, -0.15) is 0 Å². The Morgan fingerprint density at radius 1 is 1.14 bits per heavy atom. The second kappa shape index (κ2) is 7.55. The number of hydrogen-bond donors (Lipinski definition) is 1. The highest BCUT2D eigenvalue weighted by molar-refractivity contribution is 8.00. The number of hydrogen-bond acceptors (Lipinski definition) is 5. The zero-order chi connectivity index (χ0) is 20.7. The molecule has 0 aliphatic rings. The van der Waals surface area contributed by atoms with E-state index in [4.69, 9.17) is 4.42 Å². The summed E-state index contributed by atoms with van der Waals surface area (Å²) in [6.45, 7) is 10.0. The molecule has 4 aromatic rings. The first kappa shape index (κ1) is 19.5. The van der Waals surface area contributed by atoms with Crippen molar-refractivity contribution in [3.05, 3.63) is 53.0 Å². The molecule has 6 nitrogen and oxygen atoms in total. The Morgan fingerprint density at radius 3 is 2.55 bits per heavy atom. The molecule has 150 valence electrons. The topological polar surface area (TPSA) is 72.4 Å². The van der Waals surface area contributed by atoms with Crippen molar-refractivity contribution in [2.45, 2.75) is 51.3 Å². The molecule has 1 aromatic carbocycles. The van der Waals surface area contributed by atoms with E-state index in [-0.39, 0.29) is 11.2 Å². The van der Waals surface area contributed by atoms with Gasteiger partial charge >= 0.3 is 0 Å². The van der Waals surface area contributed by atoms with Gasteiger partial charge in [-0.25, -0.2) is 0 Å². The van der Waals surface area contributed by atoms with E-state index >= 15 is 0 Å². The molecule has 7 heteroatoms. The maximum atomic E-state index is 13.1. The lowest BCUT2D eigenvalue weighted by atomic mass is 10.0. The quantitative estimate of drug-likeness (QED) is 0.459. The van der Waals surface area contributed by atoms with Crippen LogP contribution in [0.4, 0.5) is 5.69 Å². The van der Waals surface area contributed by atoms with Crippen molar-refractivity contribution in [1.82, 2.24) is 14.6 Å². The number of fused-ring (bicyclic) bond motifs is 3. The van der Waals surface area contributed by atoms with E-state index in [2.05, 4.69) is 34.6 Å². The van der Waals surface area contributed by atoms with Gasteiger partial charge in [0.05, 0.1) is 22.5 Å². The van der Waals surface area contributed by atoms with Crippen molar-refractivity contribution in [2.24, 2.45) is 0 Å². The van der Waals surface area contributed by atoms with Crippen LogP contribution in [0, 0.1) is 27.7 Å². The van der Waals surface area contributed by atoms with Crippen LogP contribution >= 0.6 is 11.8 Å². The normalized spacial score (nSPS) is 12.6. The molecule has 0 saturated heterocycles. The third-order valence-electron chi connectivity index (χ3n) is 5.09. The number of benzene rings is 1. The van der Waals surface area contributed by atoms with Crippen LogP contribution in [-0.2, 0) is 4.79 Å². The van der Waals surface area contributed by atoms with E-state index in [1.165, 1.54) is 17.3 Å². The summed E-state index contributed by atoms with van der Waals surface area (Å²) >= 11 is 1.44. The maximum Gasteiger partial charge on any atom is 0.237 e. The molecular formula is C22H24N4O2S. The smallest absolute Gasteiger partial charge is 0.237 e. The van der Waals surface area contributed by atoms with E-state index in [1.807, 2.05) is 44.2 Å². The van der Waals surface area contributed by atoms with Crippen molar-refractivity contribution in [1.29, 1.82) is 0 Å². The first-order valence-electron chi connectivity index (χ1n) is 9.66. The molecule has 3 heterocycles. The lowest BCUT2D eigenvalue weighted by Gasteiger charge is -2.18. The molecule has 0 fully saturated rings. The predicted octanol–water partition coefficient (Wildman–Crippen LogP) is 5.22. The Kier molecular flexibility index (Phi) is 5.08. The Bertz CT molecular complexity index is 1200. The van der Waals surface area contributed by atoms with Crippen LogP contribution in [0.1, 0.15) is 35.9 Å². The van der Waals surface area contributed by atoms with E-state index < -0.39 is 0 Å². The van der Waals surface area contributed by atoms with E-state index in [0.717, 1.165) is 44.3 Å². The van der Waals surface area contributed by atoms with Gasteiger partial charge in [-0.1, -0.05) is 36.4 Å². The largest absolute Gasteiger partial charge is 0.463 e. The molecule has 29 heavy (non-hydrogen) atoms. The lowest BCUT2D eigenvalue weighted by molar-refractivity contribution is -0.115. The molecule has 1 unspecified atom stereocenters. The summed E-state index contributed by atoms with van der Waals surface area (Å²) < 4.78 is 7.56. The van der Waals surface area contributed by atoms with Crippen LogP contribution in [0.15, 0.2) is 40.0 Å². The fourth-order valence-electron chi connectivity index (χ4n) is 3.77. The molecule has 4 rings (SSSR count). The fraction of sp³-hybridized carbons (Fsp3) is 0.318. The van der Waals surface area contributed by atoms with Crippen molar-refractivity contribution in [2.75, 3.05) is 5.32 Å². The minimum absolute atomic E-state index is 0.0247. The Labute approximate surface area is 173 Å². The van der Waals surface area contributed by atoms with Crippen molar-refractivity contribution in [3.63, 3.8) is 0 Å². The Hall–Kier alpha value is -2.80. The number of carbonyl (C=O) groups excluding carboxylic acids is 1. The van der Waals surface area contributed by atoms with Crippen LogP contribution in [0.3, 0.4) is 0 Å². The van der Waals surface area contributed by atoms with Gasteiger partial charge in [-0.15, -0.1) is 10.2 Å². The second-order valence-corrected chi connectivity index (χ2v) is 8.56. The summed E-state index contributed by atoms with van der Waals surface area (Å²) in [5, 5.41) is 12.2. The van der Waals surface area contributed by atoms with Crippen molar-refractivity contribution < 1.29 is 9.21 Å². The van der Waals surface area contributed by atoms with Gasteiger partial charge in [-0.05, 0) is 45.2 Å². The standard InChI is InChI=1S/C22H24N4O2S/c1-6-19(21(27)23-20-13(3)9-12(2)10-14(20)4)29-22-17-11-18-16(7-8-28-18)26(17)15(5)24-25-22/h7-11,19H,6H2,1-5H3,(H,23,27). The second-order valence-electron chi connectivity index (χ2n) is 7.37. The van der Waals surface area contributed by atoms with Gasteiger partial charge in [0.25, 0.3) is 0 Å². The highest BCUT2D eigenvalue weighted by atomic mass is 32.2. The zero-order valence-electron chi connectivity index (χ0n) is 17.2. The number of aryl methyl sites for hydroxylation is 4. The van der Waals surface area contributed by atoms with Crippen LogP contribution in [-0.4, -0.2) is 25.8 Å². The summed E-state index contributed by atoms with van der Waals surface area (Å²) in [4.78, 5) is 13.1. The molecule has 0 aliphatic heterocycles. The number of rotatable bonds is 5. The predicted molar refractivity (Wildman–Crippen MR) is 117 cm³/mol. The number of anilines is 1. The van der Waals surface area contributed by atoms with Crippen LogP contribution in [0.25, 0.3) is 16.6 Å². The Morgan fingerprint density at radius 2 is 1.86 bits per heavy atom. The Balaban J connectivity index is 1.64. The molecule has 0 radical (unpaired) electrons. The average molecular weight is 409 g/mol. The minimum atomic E-state index is -0.280. The summed E-state index contributed by atoms with van der Waals surface area (Å²) in [7, 11) is 0. The molecule has 1 atom stereocenters. The SMILES string of the molecule is CCC(Sc1nnc(C)n2c1cc1occc12)C(=O)Nc1c(C)cc(C)cc1C. The minimum Gasteiger partial charge on any atom is -0.463 e. The van der Waals surface area contributed by atoms with Crippen LogP contribution in [0.5, 0.6) is 0 Å². The van der Waals surface area contributed by atoms with Gasteiger partial charge in [-0.3, -0.25) is 9.20 Å². The summed E-state index contributed by atoms with van der Waals surface area (Å²) in [6.07, 6.45) is 2.34. The molecule has 0 bridgehead atoms. The zero-order valence-corrected chi connectivity index (χ0v) is 18.1. The van der Waals surface area contributed by atoms with Crippen LogP contribution < -0.4 is 5.32 Å². The summed E-state index contributed by atoms with van der Waals surface area (Å²) in [6, 6.07) is 8.04. The maximum absolute atomic E-state index is 13.1. The number of furan rings is 1. The van der Waals surface area contributed by atoms with E-state index in [0.29, 0.717) is 6.42 Å². The van der Waals surface area contributed by atoms with Gasteiger partial charge < -0.3 is 9.73 Å². The van der Waals surface area contributed by atoms with Crippen molar-refractivity contribution in [3.8, 4) is 0 Å². The van der Waals surface area contributed by atoms with Gasteiger partial charge in [0.2, 0.25) is 5.91 Å². The third-order valence-corrected chi connectivity index (χ3v) is 6.44. The molecule has 1 amide bonds. The highest BCUT2D eigenvalue weighted by Gasteiger charge is 2.23. The summed E-state index contributed by atoms with van der Waals surface area (Å²) in [5.41, 5.74) is 6.87. The molecule has 0 aliphatic carbocycles. The number of nitrogens with one attached hydrogen (secondary N) is 1. The number of aromatic nitrogens is 3. The number of carbonyl (C=O) groups is 1. The van der Waals surface area contributed by atoms with Gasteiger partial charge in [0.1, 0.15) is 10.9 Å². The molecule has 1 N–H and O–H groups in total. The molecule has 3 aromatic heterocycles. The number of thioether (sulfide) groups is 1. The molecule has 0 spiro atoms. The monoisotopic (exact) mass is 408 g/mol. The van der Waals surface area contributed by atoms with Gasteiger partial charge in [0, 0.05) is 17.8 Å². The average Bonchev–Trinajstić information content (AvgIpc) is 3.25. The highest BCUT2D eigenvalue weighted by Crippen LogP contribution is 2.32. The first-order chi connectivity index (χ1) is 13.9. The van der Waals surface area contributed by atoms with Crippen LogP contribution in [0.2, 0.25) is 0 Å². The number of nitrogens with zero attached hydrogens (tertiary/aromatic N) is 3. The van der Waals surface area contributed by atoms with E-state index in [9.17, 15) is 4.79 Å².